The minimum atomic E-state index is -1.81. The van der Waals surface area contributed by atoms with Crippen LogP contribution in [0.25, 0.3) is 10.8 Å². The third kappa shape index (κ3) is 1.65. The summed E-state index contributed by atoms with van der Waals surface area (Å²) in [6, 6.07) is 0. The van der Waals surface area contributed by atoms with E-state index in [0.717, 1.165) is 0 Å². The molecule has 8 heteroatoms. The fourth-order valence-corrected chi connectivity index (χ4v) is 2.20. The summed E-state index contributed by atoms with van der Waals surface area (Å²) in [7, 11) is 0. The van der Waals surface area contributed by atoms with Crippen molar-refractivity contribution in [2.45, 2.75) is 0 Å². The van der Waals surface area contributed by atoms with E-state index in [4.69, 9.17) is 0 Å². The molecule has 2 aromatic rings. The fraction of sp³-hybridized carbons (Fsp3) is 0. The molecule has 0 fully saturated rings. The van der Waals surface area contributed by atoms with E-state index in [-0.39, 0.29) is 0 Å². The minimum Gasteiger partial charge on any atom is -0.205 e. The van der Waals surface area contributed by atoms with Crippen LogP contribution < -0.4 is 0 Å². The van der Waals surface area contributed by atoms with Gasteiger partial charge in [0.25, 0.3) is 0 Å². The quantitative estimate of drug-likeness (QED) is 0.328. The second-order valence-electron chi connectivity index (χ2n) is 3.26. The maximum atomic E-state index is 13.5. The van der Waals surface area contributed by atoms with E-state index in [1.165, 1.54) is 0 Å². The van der Waals surface area contributed by atoms with E-state index < -0.39 is 54.6 Å². The van der Waals surface area contributed by atoms with Crippen molar-refractivity contribution in [1.82, 2.24) is 0 Å². The van der Waals surface area contributed by atoms with Gasteiger partial charge in [0.2, 0.25) is 0 Å². The van der Waals surface area contributed by atoms with Crippen molar-refractivity contribution in [3.05, 3.63) is 43.8 Å². The lowest BCUT2D eigenvalue weighted by Crippen LogP contribution is -2.02. The molecule has 0 saturated carbocycles. The maximum absolute atomic E-state index is 13.5. The molecule has 96 valence electrons. The van der Waals surface area contributed by atoms with Gasteiger partial charge in [0.15, 0.2) is 34.9 Å². The maximum Gasteiger partial charge on any atom is 0.176 e. The predicted molar refractivity (Wildman–Crippen MR) is 59.1 cm³/mol. The number of halogens is 8. The van der Waals surface area contributed by atoms with Crippen LogP contribution in [-0.4, -0.2) is 0 Å². The van der Waals surface area contributed by atoms with Crippen LogP contribution in [0.3, 0.4) is 0 Å². The molecule has 2 aromatic carbocycles. The summed E-state index contributed by atoms with van der Waals surface area (Å²) in [6.07, 6.45) is 0. The molecule has 0 amide bonds. The van der Waals surface area contributed by atoms with Crippen LogP contribution in [0.5, 0.6) is 0 Å². The van der Waals surface area contributed by atoms with Crippen molar-refractivity contribution in [3.63, 3.8) is 0 Å². The number of hydrogen-bond donors (Lipinski definition) is 0. The summed E-state index contributed by atoms with van der Waals surface area (Å²) in [4.78, 5) is 0. The first-order valence-electron chi connectivity index (χ1n) is 4.26. The summed E-state index contributed by atoms with van der Waals surface area (Å²) < 4.78 is 78.4. The van der Waals surface area contributed by atoms with Gasteiger partial charge in [-0.05, 0) is 31.9 Å². The lowest BCUT2D eigenvalue weighted by molar-refractivity contribution is 0.473. The molecule has 0 atom stereocenters. The average Bonchev–Trinajstić information content (AvgIpc) is 2.35. The lowest BCUT2D eigenvalue weighted by Gasteiger charge is -2.09. The molecule has 2 rings (SSSR count). The average molecular weight is 394 g/mol. The fourth-order valence-electron chi connectivity index (χ4n) is 1.46. The Morgan fingerprint density at radius 3 is 1.00 bits per heavy atom. The first-order chi connectivity index (χ1) is 8.29. The van der Waals surface area contributed by atoms with Crippen molar-refractivity contribution in [2.24, 2.45) is 0 Å². The summed E-state index contributed by atoms with van der Waals surface area (Å²) in [6.45, 7) is 0. The van der Waals surface area contributed by atoms with Gasteiger partial charge < -0.3 is 0 Å². The van der Waals surface area contributed by atoms with Gasteiger partial charge in [-0.3, -0.25) is 0 Å². The molecule has 0 spiro atoms. The van der Waals surface area contributed by atoms with E-state index in [1.807, 2.05) is 0 Å². The zero-order valence-electron chi connectivity index (χ0n) is 8.02. The van der Waals surface area contributed by atoms with Crippen molar-refractivity contribution in [3.8, 4) is 0 Å². The number of rotatable bonds is 0. The highest BCUT2D eigenvalue weighted by atomic mass is 79.9. The van der Waals surface area contributed by atoms with Gasteiger partial charge in [0.1, 0.15) is 0 Å². The Labute approximate surface area is 113 Å². The number of fused-ring (bicyclic) bond motifs is 1. The van der Waals surface area contributed by atoms with Gasteiger partial charge in [-0.1, -0.05) is 0 Å². The lowest BCUT2D eigenvalue weighted by atomic mass is 10.1. The Morgan fingerprint density at radius 2 is 0.722 bits per heavy atom. The number of benzene rings is 2. The van der Waals surface area contributed by atoms with Crippen LogP contribution in [0.2, 0.25) is 0 Å². The molecule has 0 aromatic heterocycles. The Kier molecular flexibility index (Phi) is 3.35. The predicted octanol–water partition coefficient (Wildman–Crippen LogP) is 5.20. The molecular formula is C10Br2F6. The molecule has 0 N–H and O–H groups in total. The van der Waals surface area contributed by atoms with Crippen LogP contribution in [0.4, 0.5) is 26.3 Å². The van der Waals surface area contributed by atoms with Crippen LogP contribution in [0.15, 0.2) is 8.95 Å². The van der Waals surface area contributed by atoms with E-state index in [9.17, 15) is 26.3 Å². The van der Waals surface area contributed by atoms with Gasteiger partial charge in [0.05, 0.1) is 19.7 Å². The second-order valence-corrected chi connectivity index (χ2v) is 4.85. The van der Waals surface area contributed by atoms with Crippen LogP contribution in [0.1, 0.15) is 0 Å². The summed E-state index contributed by atoms with van der Waals surface area (Å²) in [5.74, 6) is -10.3. The van der Waals surface area contributed by atoms with Crippen molar-refractivity contribution in [1.29, 1.82) is 0 Å². The minimum absolute atomic E-state index is 1.03. The Morgan fingerprint density at radius 1 is 0.444 bits per heavy atom. The Balaban J connectivity index is 3.22. The van der Waals surface area contributed by atoms with Crippen LogP contribution in [-0.2, 0) is 0 Å². The SMILES string of the molecule is Fc1c(Br)c(F)c2c(F)c(F)c(Br)c(F)c2c1F. The monoisotopic (exact) mass is 392 g/mol. The first kappa shape index (κ1) is 13.7. The van der Waals surface area contributed by atoms with E-state index in [2.05, 4.69) is 31.9 Å². The van der Waals surface area contributed by atoms with Crippen molar-refractivity contribution < 1.29 is 26.3 Å². The van der Waals surface area contributed by atoms with Crippen molar-refractivity contribution >= 4 is 42.6 Å². The molecule has 0 nitrogen and oxygen atoms in total. The van der Waals surface area contributed by atoms with Gasteiger partial charge in [-0.25, -0.2) is 26.3 Å². The highest BCUT2D eigenvalue weighted by molar-refractivity contribution is 9.10. The Bertz CT molecular complexity index is 569. The molecule has 0 aliphatic rings. The van der Waals surface area contributed by atoms with Crippen LogP contribution in [0, 0.1) is 34.9 Å². The largest absolute Gasteiger partial charge is 0.205 e. The summed E-state index contributed by atoms with van der Waals surface area (Å²) >= 11 is 4.68. The molecule has 0 radical (unpaired) electrons. The van der Waals surface area contributed by atoms with Gasteiger partial charge >= 0.3 is 0 Å². The van der Waals surface area contributed by atoms with E-state index in [1.54, 1.807) is 0 Å². The summed E-state index contributed by atoms with van der Waals surface area (Å²) in [5, 5.41) is -2.59. The molecular weight excluding hydrogens is 394 g/mol. The second kappa shape index (κ2) is 4.41. The molecule has 18 heavy (non-hydrogen) atoms. The summed E-state index contributed by atoms with van der Waals surface area (Å²) in [5.41, 5.74) is 0. The van der Waals surface area contributed by atoms with E-state index >= 15 is 0 Å². The zero-order chi connectivity index (χ0) is 13.8. The standard InChI is InChI=1S/C10Br2F6/c11-3-5(13)1-2(8(16)10(3)18)6(14)4(12)9(17)7(1)15. The van der Waals surface area contributed by atoms with Gasteiger partial charge in [-0.2, -0.15) is 0 Å². The molecule has 0 heterocycles. The smallest absolute Gasteiger partial charge is 0.176 e. The van der Waals surface area contributed by atoms with Crippen LogP contribution >= 0.6 is 31.9 Å². The zero-order valence-corrected chi connectivity index (χ0v) is 11.2. The number of hydrogen-bond acceptors (Lipinski definition) is 0. The van der Waals surface area contributed by atoms with Gasteiger partial charge in [0, 0.05) is 0 Å². The highest BCUT2D eigenvalue weighted by Gasteiger charge is 2.28. The molecule has 0 unspecified atom stereocenters. The Hall–Kier alpha value is -0.760. The third-order valence-electron chi connectivity index (χ3n) is 2.28. The third-order valence-corrected chi connectivity index (χ3v) is 3.68. The van der Waals surface area contributed by atoms with Gasteiger partial charge in [-0.15, -0.1) is 0 Å². The highest BCUT2D eigenvalue weighted by Crippen LogP contribution is 2.38. The molecule has 0 aliphatic heterocycles. The normalized spacial score (nSPS) is 11.3. The van der Waals surface area contributed by atoms with Crippen molar-refractivity contribution in [2.75, 3.05) is 0 Å². The molecule has 0 aliphatic carbocycles. The topological polar surface area (TPSA) is 0 Å². The first-order valence-corrected chi connectivity index (χ1v) is 5.85. The van der Waals surface area contributed by atoms with E-state index in [0.29, 0.717) is 0 Å². The molecule has 0 saturated heterocycles. The molecule has 0 bridgehead atoms.